The first-order valence-electron chi connectivity index (χ1n) is 7.95. The number of carbonyl (C=O) groups excluding carboxylic acids is 1. The number of aromatic nitrogens is 2. The van der Waals surface area contributed by atoms with Crippen LogP contribution in [0.1, 0.15) is 35.6 Å². The molecule has 0 saturated heterocycles. The Hall–Kier alpha value is -2.62. The summed E-state index contributed by atoms with van der Waals surface area (Å²) in [7, 11) is 0. The Morgan fingerprint density at radius 3 is 2.83 bits per heavy atom. The summed E-state index contributed by atoms with van der Waals surface area (Å²) in [6.07, 6.45) is 0.876. The van der Waals surface area contributed by atoms with Crippen LogP contribution in [0.25, 0.3) is 10.9 Å². The standard InChI is InChI=1S/C19H19N3O/c1-12-6-5-9-17(20-12)19-18-15(10-11-22(19)13(2)23)14-7-3-4-8-16(14)21-18/h3-9,19,21H,10-11H2,1-2H3. The van der Waals surface area contributed by atoms with E-state index in [0.717, 1.165) is 35.6 Å². The molecule has 0 saturated carbocycles. The van der Waals surface area contributed by atoms with Gasteiger partial charge in [-0.3, -0.25) is 9.78 Å². The van der Waals surface area contributed by atoms with E-state index in [1.165, 1.54) is 10.9 Å². The van der Waals surface area contributed by atoms with Crippen molar-refractivity contribution in [2.24, 2.45) is 0 Å². The van der Waals surface area contributed by atoms with Crippen LogP contribution in [0.5, 0.6) is 0 Å². The molecule has 0 spiro atoms. The molecule has 23 heavy (non-hydrogen) atoms. The number of hydrogen-bond donors (Lipinski definition) is 1. The van der Waals surface area contributed by atoms with Crippen molar-refractivity contribution in [1.82, 2.24) is 14.9 Å². The predicted molar refractivity (Wildman–Crippen MR) is 90.2 cm³/mol. The number of aryl methyl sites for hydroxylation is 1. The number of para-hydroxylation sites is 1. The van der Waals surface area contributed by atoms with Crippen molar-refractivity contribution in [2.45, 2.75) is 26.3 Å². The van der Waals surface area contributed by atoms with Gasteiger partial charge in [0.1, 0.15) is 6.04 Å². The molecular formula is C19H19N3O. The molecular weight excluding hydrogens is 286 g/mol. The molecule has 0 aliphatic carbocycles. The van der Waals surface area contributed by atoms with Gasteiger partial charge >= 0.3 is 0 Å². The van der Waals surface area contributed by atoms with E-state index in [9.17, 15) is 4.79 Å². The summed E-state index contributed by atoms with van der Waals surface area (Å²) in [5.74, 6) is 0.0858. The molecule has 1 aliphatic heterocycles. The molecule has 0 fully saturated rings. The van der Waals surface area contributed by atoms with Crippen LogP contribution in [0.4, 0.5) is 0 Å². The third-order valence-corrected chi connectivity index (χ3v) is 4.63. The van der Waals surface area contributed by atoms with Gasteiger partial charge in [-0.15, -0.1) is 0 Å². The number of fused-ring (bicyclic) bond motifs is 3. The molecule has 1 aromatic carbocycles. The number of rotatable bonds is 1. The van der Waals surface area contributed by atoms with Gasteiger partial charge < -0.3 is 9.88 Å². The van der Waals surface area contributed by atoms with Crippen molar-refractivity contribution < 1.29 is 4.79 Å². The molecule has 4 heteroatoms. The molecule has 116 valence electrons. The summed E-state index contributed by atoms with van der Waals surface area (Å²) in [5.41, 5.74) is 5.43. The van der Waals surface area contributed by atoms with Gasteiger partial charge in [-0.2, -0.15) is 0 Å². The zero-order valence-corrected chi connectivity index (χ0v) is 13.3. The number of H-pyrrole nitrogens is 1. The molecule has 1 amide bonds. The van der Waals surface area contributed by atoms with Crippen LogP contribution in [0, 0.1) is 6.92 Å². The maximum Gasteiger partial charge on any atom is 0.220 e. The van der Waals surface area contributed by atoms with Crippen molar-refractivity contribution in [2.75, 3.05) is 6.54 Å². The largest absolute Gasteiger partial charge is 0.356 e. The Morgan fingerprint density at radius 1 is 1.22 bits per heavy atom. The molecule has 1 unspecified atom stereocenters. The second-order valence-corrected chi connectivity index (χ2v) is 6.13. The first kappa shape index (κ1) is 14.0. The van der Waals surface area contributed by atoms with Gasteiger partial charge in [0.2, 0.25) is 5.91 Å². The maximum atomic E-state index is 12.2. The molecule has 0 radical (unpaired) electrons. The number of aromatic amines is 1. The lowest BCUT2D eigenvalue weighted by atomic mass is 9.94. The van der Waals surface area contributed by atoms with Crippen LogP contribution in [0.2, 0.25) is 0 Å². The topological polar surface area (TPSA) is 49.0 Å². The van der Waals surface area contributed by atoms with Crippen LogP contribution < -0.4 is 0 Å². The van der Waals surface area contributed by atoms with Crippen LogP contribution in [-0.2, 0) is 11.2 Å². The molecule has 1 N–H and O–H groups in total. The fourth-order valence-corrected chi connectivity index (χ4v) is 3.60. The molecule has 2 aromatic heterocycles. The van der Waals surface area contributed by atoms with E-state index in [4.69, 9.17) is 0 Å². The number of nitrogens with one attached hydrogen (secondary N) is 1. The quantitative estimate of drug-likeness (QED) is 0.749. The molecule has 4 nitrogen and oxygen atoms in total. The first-order valence-corrected chi connectivity index (χ1v) is 7.95. The predicted octanol–water partition coefficient (Wildman–Crippen LogP) is 3.37. The fourth-order valence-electron chi connectivity index (χ4n) is 3.60. The summed E-state index contributed by atoms with van der Waals surface area (Å²) in [6.45, 7) is 4.34. The molecule has 3 aromatic rings. The molecule has 4 rings (SSSR count). The summed E-state index contributed by atoms with van der Waals surface area (Å²) in [4.78, 5) is 22.3. The van der Waals surface area contributed by atoms with Gasteiger partial charge in [-0.05, 0) is 37.1 Å². The number of benzene rings is 1. The lowest BCUT2D eigenvalue weighted by Gasteiger charge is -2.35. The van der Waals surface area contributed by atoms with E-state index in [1.807, 2.05) is 36.1 Å². The Kier molecular flexibility index (Phi) is 3.18. The molecule has 1 atom stereocenters. The second kappa shape index (κ2) is 5.23. The summed E-state index contributed by atoms with van der Waals surface area (Å²) >= 11 is 0. The Labute approximate surface area is 135 Å². The zero-order valence-electron chi connectivity index (χ0n) is 13.3. The van der Waals surface area contributed by atoms with E-state index in [-0.39, 0.29) is 11.9 Å². The van der Waals surface area contributed by atoms with Crippen molar-refractivity contribution in [3.05, 3.63) is 65.1 Å². The van der Waals surface area contributed by atoms with Gasteiger partial charge in [0.15, 0.2) is 0 Å². The summed E-state index contributed by atoms with van der Waals surface area (Å²) in [5, 5.41) is 1.25. The molecule has 0 bridgehead atoms. The first-order chi connectivity index (χ1) is 11.1. The summed E-state index contributed by atoms with van der Waals surface area (Å²) < 4.78 is 0. The van der Waals surface area contributed by atoms with E-state index < -0.39 is 0 Å². The number of hydrogen-bond acceptors (Lipinski definition) is 2. The highest BCUT2D eigenvalue weighted by molar-refractivity contribution is 5.86. The number of carbonyl (C=O) groups is 1. The van der Waals surface area contributed by atoms with Crippen molar-refractivity contribution >= 4 is 16.8 Å². The van der Waals surface area contributed by atoms with Crippen LogP contribution >= 0.6 is 0 Å². The minimum Gasteiger partial charge on any atom is -0.356 e. The van der Waals surface area contributed by atoms with Crippen LogP contribution in [0.15, 0.2) is 42.5 Å². The maximum absolute atomic E-state index is 12.2. The lowest BCUT2D eigenvalue weighted by molar-refractivity contribution is -0.131. The Morgan fingerprint density at radius 2 is 2.04 bits per heavy atom. The van der Waals surface area contributed by atoms with Gasteiger partial charge in [-0.1, -0.05) is 24.3 Å². The third-order valence-electron chi connectivity index (χ3n) is 4.63. The van der Waals surface area contributed by atoms with Crippen LogP contribution in [0.3, 0.4) is 0 Å². The molecule has 1 aliphatic rings. The van der Waals surface area contributed by atoms with Gasteiger partial charge in [0.05, 0.1) is 5.69 Å². The minimum atomic E-state index is -0.136. The van der Waals surface area contributed by atoms with Gasteiger partial charge in [0, 0.05) is 35.8 Å². The lowest BCUT2D eigenvalue weighted by Crippen LogP contribution is -2.39. The highest BCUT2D eigenvalue weighted by atomic mass is 16.2. The normalized spacial score (nSPS) is 17.3. The van der Waals surface area contributed by atoms with Gasteiger partial charge in [-0.25, -0.2) is 0 Å². The van der Waals surface area contributed by atoms with E-state index in [2.05, 4.69) is 28.2 Å². The molecule has 3 heterocycles. The van der Waals surface area contributed by atoms with Crippen molar-refractivity contribution in [3.63, 3.8) is 0 Å². The number of nitrogens with zero attached hydrogens (tertiary/aromatic N) is 2. The monoisotopic (exact) mass is 305 g/mol. The summed E-state index contributed by atoms with van der Waals surface area (Å²) in [6, 6.07) is 14.2. The minimum absolute atomic E-state index is 0.0858. The fraction of sp³-hybridized carbons (Fsp3) is 0.263. The van der Waals surface area contributed by atoms with Crippen molar-refractivity contribution in [3.8, 4) is 0 Å². The van der Waals surface area contributed by atoms with Crippen LogP contribution in [-0.4, -0.2) is 27.3 Å². The SMILES string of the molecule is CC(=O)N1CCc2c([nH]c3ccccc23)C1c1cccc(C)n1. The third kappa shape index (κ3) is 2.22. The number of pyridine rings is 1. The highest BCUT2D eigenvalue weighted by Crippen LogP contribution is 2.37. The smallest absolute Gasteiger partial charge is 0.220 e. The highest BCUT2D eigenvalue weighted by Gasteiger charge is 2.33. The average Bonchev–Trinajstić information content (AvgIpc) is 2.92. The van der Waals surface area contributed by atoms with E-state index in [1.54, 1.807) is 6.92 Å². The second-order valence-electron chi connectivity index (χ2n) is 6.13. The Bertz CT molecular complexity index is 897. The van der Waals surface area contributed by atoms with Crippen molar-refractivity contribution in [1.29, 1.82) is 0 Å². The average molecular weight is 305 g/mol. The zero-order chi connectivity index (χ0) is 16.0. The Balaban J connectivity index is 1.95. The van der Waals surface area contributed by atoms with Gasteiger partial charge in [0.25, 0.3) is 0 Å². The van der Waals surface area contributed by atoms with E-state index >= 15 is 0 Å². The van der Waals surface area contributed by atoms with E-state index in [0.29, 0.717) is 0 Å². The number of amides is 1.